The standard InChI is InChI=1S/C16H22N4O2S/c1-13-4-7-15(8-5-13)23(21,22)19-14-6-9-16(18-12-14)17-10-11-20(2)3/h4-9,12,19H,10-11H2,1-3H3,(H,17,18). The average molecular weight is 334 g/mol. The Morgan fingerprint density at radius 1 is 1.09 bits per heavy atom. The molecule has 1 heterocycles. The van der Waals surface area contributed by atoms with Gasteiger partial charge in [-0.2, -0.15) is 0 Å². The lowest BCUT2D eigenvalue weighted by molar-refractivity contribution is 0.425. The number of rotatable bonds is 7. The molecule has 23 heavy (non-hydrogen) atoms. The Hall–Kier alpha value is -2.12. The van der Waals surface area contributed by atoms with Crippen molar-refractivity contribution in [3.8, 4) is 0 Å². The number of hydrogen-bond acceptors (Lipinski definition) is 5. The quantitative estimate of drug-likeness (QED) is 0.812. The molecule has 124 valence electrons. The molecule has 0 spiro atoms. The van der Waals surface area contributed by atoms with Crippen molar-refractivity contribution < 1.29 is 8.42 Å². The molecule has 7 heteroatoms. The molecule has 0 fully saturated rings. The number of hydrogen-bond donors (Lipinski definition) is 2. The molecule has 2 aromatic rings. The number of nitrogens with zero attached hydrogens (tertiary/aromatic N) is 2. The second-order valence-electron chi connectivity index (χ2n) is 5.58. The third-order valence-corrected chi connectivity index (χ3v) is 4.61. The van der Waals surface area contributed by atoms with Gasteiger partial charge < -0.3 is 10.2 Å². The molecule has 0 bridgehead atoms. The smallest absolute Gasteiger partial charge is 0.261 e. The molecule has 0 amide bonds. The van der Waals surface area contributed by atoms with E-state index in [9.17, 15) is 8.42 Å². The van der Waals surface area contributed by atoms with Crippen molar-refractivity contribution in [3.05, 3.63) is 48.2 Å². The summed E-state index contributed by atoms with van der Waals surface area (Å²) < 4.78 is 27.1. The number of nitrogens with one attached hydrogen (secondary N) is 2. The highest BCUT2D eigenvalue weighted by atomic mass is 32.2. The zero-order valence-corrected chi connectivity index (χ0v) is 14.4. The molecule has 0 aliphatic rings. The van der Waals surface area contributed by atoms with Crippen LogP contribution in [0.25, 0.3) is 0 Å². The first-order valence-corrected chi connectivity index (χ1v) is 8.79. The first kappa shape index (κ1) is 17.2. The molecule has 0 saturated heterocycles. The highest BCUT2D eigenvalue weighted by molar-refractivity contribution is 7.92. The summed E-state index contributed by atoms with van der Waals surface area (Å²) in [7, 11) is 0.408. The number of anilines is 2. The summed E-state index contributed by atoms with van der Waals surface area (Å²) in [6.07, 6.45) is 1.50. The third kappa shape index (κ3) is 5.22. The van der Waals surface area contributed by atoms with Crippen molar-refractivity contribution in [1.29, 1.82) is 0 Å². The maximum absolute atomic E-state index is 12.3. The fraction of sp³-hybridized carbons (Fsp3) is 0.312. The number of pyridine rings is 1. The summed E-state index contributed by atoms with van der Waals surface area (Å²) in [5.41, 5.74) is 1.45. The predicted octanol–water partition coefficient (Wildman–Crippen LogP) is 2.16. The zero-order chi connectivity index (χ0) is 16.9. The van der Waals surface area contributed by atoms with Crippen LogP contribution in [0.5, 0.6) is 0 Å². The lowest BCUT2D eigenvalue weighted by Gasteiger charge is -2.11. The van der Waals surface area contributed by atoms with Gasteiger partial charge >= 0.3 is 0 Å². The van der Waals surface area contributed by atoms with Gasteiger partial charge in [0.2, 0.25) is 0 Å². The topological polar surface area (TPSA) is 74.3 Å². The molecular weight excluding hydrogens is 312 g/mol. The Labute approximate surface area is 137 Å². The van der Waals surface area contributed by atoms with Crippen LogP contribution in [0.3, 0.4) is 0 Å². The summed E-state index contributed by atoms with van der Waals surface area (Å²) >= 11 is 0. The lowest BCUT2D eigenvalue weighted by atomic mass is 10.2. The SMILES string of the molecule is Cc1ccc(S(=O)(=O)Nc2ccc(NCCN(C)C)nc2)cc1. The van der Waals surface area contributed by atoms with E-state index in [1.165, 1.54) is 6.20 Å². The highest BCUT2D eigenvalue weighted by Gasteiger charge is 2.13. The fourth-order valence-electron chi connectivity index (χ4n) is 1.90. The zero-order valence-electron chi connectivity index (χ0n) is 13.6. The summed E-state index contributed by atoms with van der Waals surface area (Å²) in [4.78, 5) is 6.51. The summed E-state index contributed by atoms with van der Waals surface area (Å²) in [5, 5.41) is 3.17. The van der Waals surface area contributed by atoms with Crippen LogP contribution in [-0.2, 0) is 10.0 Å². The number of aromatic nitrogens is 1. The Bertz CT molecular complexity index is 726. The Balaban J connectivity index is 2.01. The van der Waals surface area contributed by atoms with Crippen molar-refractivity contribution in [3.63, 3.8) is 0 Å². The van der Waals surface area contributed by atoms with Crippen molar-refractivity contribution in [2.45, 2.75) is 11.8 Å². The van der Waals surface area contributed by atoms with Gasteiger partial charge in [-0.3, -0.25) is 4.72 Å². The van der Waals surface area contributed by atoms with Gasteiger partial charge in [-0.05, 0) is 45.3 Å². The Morgan fingerprint density at radius 3 is 2.35 bits per heavy atom. The van der Waals surface area contributed by atoms with E-state index in [1.54, 1.807) is 36.4 Å². The van der Waals surface area contributed by atoms with Crippen LogP contribution in [0.2, 0.25) is 0 Å². The highest BCUT2D eigenvalue weighted by Crippen LogP contribution is 2.17. The molecule has 0 aliphatic carbocycles. The second-order valence-corrected chi connectivity index (χ2v) is 7.26. The van der Waals surface area contributed by atoms with Gasteiger partial charge in [0.05, 0.1) is 16.8 Å². The second kappa shape index (κ2) is 7.43. The summed E-state index contributed by atoms with van der Waals surface area (Å²) in [5.74, 6) is 0.713. The van der Waals surface area contributed by atoms with Crippen molar-refractivity contribution >= 4 is 21.5 Å². The predicted molar refractivity (Wildman–Crippen MR) is 93.3 cm³/mol. The van der Waals surface area contributed by atoms with Crippen molar-refractivity contribution in [1.82, 2.24) is 9.88 Å². The van der Waals surface area contributed by atoms with Crippen LogP contribution >= 0.6 is 0 Å². The van der Waals surface area contributed by atoms with Gasteiger partial charge in [-0.1, -0.05) is 17.7 Å². The molecular formula is C16H22N4O2S. The van der Waals surface area contributed by atoms with E-state index in [-0.39, 0.29) is 4.90 Å². The van der Waals surface area contributed by atoms with E-state index in [0.29, 0.717) is 11.5 Å². The van der Waals surface area contributed by atoms with E-state index in [4.69, 9.17) is 0 Å². The molecule has 2 rings (SSSR count). The number of benzene rings is 1. The van der Waals surface area contributed by atoms with Crippen LogP contribution < -0.4 is 10.0 Å². The maximum Gasteiger partial charge on any atom is 0.261 e. The molecule has 0 saturated carbocycles. The van der Waals surface area contributed by atoms with Crippen LogP contribution in [0.1, 0.15) is 5.56 Å². The first-order valence-electron chi connectivity index (χ1n) is 7.31. The van der Waals surface area contributed by atoms with Crippen LogP contribution in [0.4, 0.5) is 11.5 Å². The van der Waals surface area contributed by atoms with Crippen LogP contribution in [0.15, 0.2) is 47.5 Å². The van der Waals surface area contributed by atoms with Crippen molar-refractivity contribution in [2.75, 3.05) is 37.2 Å². The summed E-state index contributed by atoms with van der Waals surface area (Å²) in [6.45, 7) is 3.58. The number of aryl methyl sites for hydroxylation is 1. The van der Waals surface area contributed by atoms with Crippen molar-refractivity contribution in [2.24, 2.45) is 0 Å². The molecule has 1 aromatic carbocycles. The van der Waals surface area contributed by atoms with E-state index < -0.39 is 10.0 Å². The lowest BCUT2D eigenvalue weighted by Crippen LogP contribution is -2.21. The maximum atomic E-state index is 12.3. The van der Waals surface area contributed by atoms with E-state index in [0.717, 1.165) is 18.7 Å². The minimum atomic E-state index is -3.59. The molecule has 1 aromatic heterocycles. The van der Waals surface area contributed by atoms with Gasteiger partial charge in [-0.15, -0.1) is 0 Å². The molecule has 0 unspecified atom stereocenters. The molecule has 0 radical (unpaired) electrons. The molecule has 6 nitrogen and oxygen atoms in total. The molecule has 2 N–H and O–H groups in total. The first-order chi connectivity index (χ1) is 10.9. The minimum Gasteiger partial charge on any atom is -0.369 e. The van der Waals surface area contributed by atoms with E-state index in [1.807, 2.05) is 21.0 Å². The summed E-state index contributed by atoms with van der Waals surface area (Å²) in [6, 6.07) is 10.2. The minimum absolute atomic E-state index is 0.233. The van der Waals surface area contributed by atoms with Gasteiger partial charge in [0, 0.05) is 13.1 Å². The van der Waals surface area contributed by atoms with E-state index >= 15 is 0 Å². The van der Waals surface area contributed by atoms with Crippen LogP contribution in [-0.4, -0.2) is 45.5 Å². The van der Waals surface area contributed by atoms with Gasteiger partial charge in [0.25, 0.3) is 10.0 Å². The van der Waals surface area contributed by atoms with Gasteiger partial charge in [0.15, 0.2) is 0 Å². The molecule has 0 aliphatic heterocycles. The normalized spacial score (nSPS) is 11.5. The Morgan fingerprint density at radius 2 is 1.78 bits per heavy atom. The number of sulfonamides is 1. The van der Waals surface area contributed by atoms with Gasteiger partial charge in [0.1, 0.15) is 5.82 Å². The fourth-order valence-corrected chi connectivity index (χ4v) is 2.94. The Kier molecular flexibility index (Phi) is 5.57. The average Bonchev–Trinajstić information content (AvgIpc) is 2.49. The monoisotopic (exact) mass is 334 g/mol. The van der Waals surface area contributed by atoms with Gasteiger partial charge in [-0.25, -0.2) is 13.4 Å². The largest absolute Gasteiger partial charge is 0.369 e. The molecule has 0 atom stereocenters. The number of likely N-dealkylation sites (N-methyl/N-ethyl adjacent to an activating group) is 1. The van der Waals surface area contributed by atoms with Crippen LogP contribution in [0, 0.1) is 6.92 Å². The van der Waals surface area contributed by atoms with E-state index in [2.05, 4.69) is 19.9 Å². The third-order valence-electron chi connectivity index (χ3n) is 3.21.